The van der Waals surface area contributed by atoms with Crippen molar-refractivity contribution in [1.82, 2.24) is 4.90 Å². The molecular weight excluding hydrogens is 204 g/mol. The Kier molecular flexibility index (Phi) is 2.96. The van der Waals surface area contributed by atoms with Crippen molar-refractivity contribution in [3.05, 3.63) is 0 Å². The monoisotopic (exact) mass is 228 g/mol. The van der Waals surface area contributed by atoms with Crippen LogP contribution in [0.4, 0.5) is 0 Å². The van der Waals surface area contributed by atoms with Crippen molar-refractivity contribution < 1.29 is 4.43 Å². The van der Waals surface area contributed by atoms with Gasteiger partial charge in [-0.05, 0) is 51.5 Å². The second kappa shape index (κ2) is 3.84. The molecule has 4 heteroatoms. The van der Waals surface area contributed by atoms with Crippen molar-refractivity contribution in [2.24, 2.45) is 11.7 Å². The van der Waals surface area contributed by atoms with Crippen LogP contribution >= 0.6 is 0 Å². The third-order valence-corrected chi connectivity index (χ3v) is 4.70. The lowest BCUT2D eigenvalue weighted by Gasteiger charge is -2.51. The van der Waals surface area contributed by atoms with Crippen molar-refractivity contribution in [2.45, 2.75) is 38.0 Å². The molecule has 1 unspecified atom stereocenters. The number of nitrogens with zero attached hydrogens (tertiary/aromatic N) is 1. The minimum atomic E-state index is -1.41. The first-order valence-corrected chi connectivity index (χ1v) is 9.45. The smallest absolute Gasteiger partial charge is 0.183 e. The molecule has 88 valence electrons. The van der Waals surface area contributed by atoms with Gasteiger partial charge in [0, 0.05) is 6.54 Å². The van der Waals surface area contributed by atoms with Gasteiger partial charge >= 0.3 is 0 Å². The molecule has 3 aliphatic rings. The molecule has 3 nitrogen and oxygen atoms in total. The highest BCUT2D eigenvalue weighted by atomic mass is 28.4. The summed E-state index contributed by atoms with van der Waals surface area (Å²) in [5.41, 5.74) is 6.45. The highest BCUT2D eigenvalue weighted by molar-refractivity contribution is 6.69. The van der Waals surface area contributed by atoms with Crippen LogP contribution in [0.2, 0.25) is 19.6 Å². The minimum absolute atomic E-state index is 0.0587. The molecule has 3 saturated heterocycles. The lowest BCUT2D eigenvalue weighted by atomic mass is 9.74. The molecule has 0 aromatic heterocycles. The Morgan fingerprint density at radius 3 is 2.33 bits per heavy atom. The number of hydrogen-bond donors (Lipinski definition) is 1. The van der Waals surface area contributed by atoms with Gasteiger partial charge in [-0.25, -0.2) is 0 Å². The highest BCUT2D eigenvalue weighted by Gasteiger charge is 2.44. The van der Waals surface area contributed by atoms with Crippen molar-refractivity contribution in [3.8, 4) is 0 Å². The first kappa shape index (κ1) is 11.6. The molecule has 2 N–H and O–H groups in total. The van der Waals surface area contributed by atoms with Gasteiger partial charge in [0.15, 0.2) is 8.32 Å². The number of piperidine rings is 3. The summed E-state index contributed by atoms with van der Waals surface area (Å²) in [6.07, 6.45) is 2.54. The SMILES string of the molecule is C[Si](C)(C)OCC1(N)CN2CCC1CC2. The maximum Gasteiger partial charge on any atom is 0.183 e. The van der Waals surface area contributed by atoms with E-state index in [0.29, 0.717) is 5.92 Å². The first-order valence-electron chi connectivity index (χ1n) is 6.04. The van der Waals surface area contributed by atoms with Crippen LogP contribution in [-0.2, 0) is 4.43 Å². The predicted octanol–water partition coefficient (Wildman–Crippen LogP) is 1.26. The van der Waals surface area contributed by atoms with E-state index in [4.69, 9.17) is 10.2 Å². The van der Waals surface area contributed by atoms with Crippen LogP contribution in [-0.4, -0.2) is 45.0 Å². The van der Waals surface area contributed by atoms with Gasteiger partial charge < -0.3 is 15.1 Å². The zero-order valence-electron chi connectivity index (χ0n) is 10.3. The van der Waals surface area contributed by atoms with Gasteiger partial charge in [-0.15, -0.1) is 0 Å². The molecule has 2 bridgehead atoms. The van der Waals surface area contributed by atoms with E-state index in [2.05, 4.69) is 24.5 Å². The fourth-order valence-electron chi connectivity index (χ4n) is 2.73. The molecule has 0 aromatic rings. The summed E-state index contributed by atoms with van der Waals surface area (Å²) in [7, 11) is -1.41. The first-order chi connectivity index (χ1) is 6.89. The van der Waals surface area contributed by atoms with Crippen LogP contribution in [0, 0.1) is 5.92 Å². The van der Waals surface area contributed by atoms with Crippen molar-refractivity contribution in [3.63, 3.8) is 0 Å². The van der Waals surface area contributed by atoms with E-state index in [-0.39, 0.29) is 5.54 Å². The topological polar surface area (TPSA) is 38.5 Å². The minimum Gasteiger partial charge on any atom is -0.416 e. The van der Waals surface area contributed by atoms with Crippen molar-refractivity contribution >= 4 is 8.32 Å². The third-order valence-electron chi connectivity index (χ3n) is 3.69. The third kappa shape index (κ3) is 2.61. The lowest BCUT2D eigenvalue weighted by Crippen LogP contribution is -2.66. The Morgan fingerprint density at radius 1 is 1.33 bits per heavy atom. The molecule has 3 rings (SSSR count). The van der Waals surface area contributed by atoms with Crippen LogP contribution < -0.4 is 5.73 Å². The standard InChI is InChI=1S/C11H24N2OSi/c1-15(2,3)14-9-11(12)8-13-6-4-10(11)5-7-13/h10H,4-9,12H2,1-3H3. The summed E-state index contributed by atoms with van der Waals surface area (Å²) < 4.78 is 6.01. The van der Waals surface area contributed by atoms with Gasteiger partial charge in [-0.2, -0.15) is 0 Å². The zero-order chi connectivity index (χ0) is 11.1. The van der Waals surface area contributed by atoms with Gasteiger partial charge in [0.2, 0.25) is 0 Å². The molecule has 3 fully saturated rings. The van der Waals surface area contributed by atoms with E-state index in [1.165, 1.54) is 25.9 Å². The van der Waals surface area contributed by atoms with Crippen LogP contribution in [0.25, 0.3) is 0 Å². The second-order valence-electron chi connectivity index (χ2n) is 6.18. The predicted molar refractivity (Wildman–Crippen MR) is 65.4 cm³/mol. The fourth-order valence-corrected chi connectivity index (χ4v) is 3.43. The van der Waals surface area contributed by atoms with Crippen molar-refractivity contribution in [1.29, 1.82) is 0 Å². The number of rotatable bonds is 3. The molecule has 0 radical (unpaired) electrons. The Morgan fingerprint density at radius 2 is 1.93 bits per heavy atom. The van der Waals surface area contributed by atoms with E-state index in [0.717, 1.165) is 13.2 Å². The summed E-state index contributed by atoms with van der Waals surface area (Å²) in [5, 5.41) is 0. The molecule has 0 spiro atoms. The summed E-state index contributed by atoms with van der Waals surface area (Å²) in [6, 6.07) is 0. The summed E-state index contributed by atoms with van der Waals surface area (Å²) >= 11 is 0. The summed E-state index contributed by atoms with van der Waals surface area (Å²) in [5.74, 6) is 0.693. The summed E-state index contributed by atoms with van der Waals surface area (Å²) in [6.45, 7) is 11.0. The van der Waals surface area contributed by atoms with E-state index in [1.807, 2.05) is 0 Å². The van der Waals surface area contributed by atoms with Crippen LogP contribution in [0.1, 0.15) is 12.8 Å². The molecule has 0 aliphatic carbocycles. The van der Waals surface area contributed by atoms with Gasteiger partial charge in [0.1, 0.15) is 0 Å². The van der Waals surface area contributed by atoms with E-state index >= 15 is 0 Å². The summed E-state index contributed by atoms with van der Waals surface area (Å²) in [4.78, 5) is 2.49. The quantitative estimate of drug-likeness (QED) is 0.739. The van der Waals surface area contributed by atoms with Crippen LogP contribution in [0.3, 0.4) is 0 Å². The molecule has 0 saturated carbocycles. The van der Waals surface area contributed by atoms with Gasteiger partial charge in [0.05, 0.1) is 12.1 Å². The average Bonchev–Trinajstić information content (AvgIpc) is 2.16. The van der Waals surface area contributed by atoms with Gasteiger partial charge in [-0.3, -0.25) is 0 Å². The molecule has 3 heterocycles. The number of nitrogens with two attached hydrogens (primary N) is 1. The Balaban J connectivity index is 1.95. The highest BCUT2D eigenvalue weighted by Crippen LogP contribution is 2.34. The Hall–Kier alpha value is 0.0969. The molecular formula is C11H24N2OSi. The van der Waals surface area contributed by atoms with Crippen molar-refractivity contribution in [2.75, 3.05) is 26.2 Å². The zero-order valence-corrected chi connectivity index (χ0v) is 11.3. The van der Waals surface area contributed by atoms with Gasteiger partial charge in [-0.1, -0.05) is 0 Å². The van der Waals surface area contributed by atoms with E-state index in [9.17, 15) is 0 Å². The van der Waals surface area contributed by atoms with E-state index in [1.54, 1.807) is 0 Å². The molecule has 15 heavy (non-hydrogen) atoms. The maximum atomic E-state index is 6.51. The van der Waals surface area contributed by atoms with Crippen LogP contribution in [0.15, 0.2) is 0 Å². The number of fused-ring (bicyclic) bond motifs is 3. The Labute approximate surface area is 94.1 Å². The molecule has 0 amide bonds. The normalized spacial score (nSPS) is 40.8. The largest absolute Gasteiger partial charge is 0.416 e. The molecule has 3 aliphatic heterocycles. The fraction of sp³-hybridized carbons (Fsp3) is 1.00. The second-order valence-corrected chi connectivity index (χ2v) is 10.7. The molecule has 1 atom stereocenters. The van der Waals surface area contributed by atoms with E-state index < -0.39 is 8.32 Å². The number of hydrogen-bond acceptors (Lipinski definition) is 3. The van der Waals surface area contributed by atoms with Crippen LogP contribution in [0.5, 0.6) is 0 Å². The van der Waals surface area contributed by atoms with Gasteiger partial charge in [0.25, 0.3) is 0 Å². The lowest BCUT2D eigenvalue weighted by molar-refractivity contribution is 0.00148. The maximum absolute atomic E-state index is 6.51. The Bertz CT molecular complexity index is 233. The molecule has 0 aromatic carbocycles. The average molecular weight is 228 g/mol.